The number of ether oxygens (including phenoxy) is 1. The highest BCUT2D eigenvalue weighted by Gasteiger charge is 2.17. The topological polar surface area (TPSA) is 56.3 Å². The lowest BCUT2D eigenvalue weighted by molar-refractivity contribution is 0.419. The number of rotatable bonds is 2. The van der Waals surface area contributed by atoms with Crippen LogP contribution >= 0.6 is 10.7 Å². The fraction of sp³-hybridized carbons (Fsp3) is 0.182. The summed E-state index contributed by atoms with van der Waals surface area (Å²) in [5, 5.41) is 1.18. The van der Waals surface area contributed by atoms with Crippen LogP contribution in [-0.4, -0.2) is 20.5 Å². The van der Waals surface area contributed by atoms with Crippen molar-refractivity contribution in [3.8, 4) is 5.75 Å². The van der Waals surface area contributed by atoms with E-state index in [4.69, 9.17) is 15.4 Å². The molecule has 2 rings (SSSR count). The van der Waals surface area contributed by atoms with Crippen LogP contribution < -0.4 is 4.74 Å². The summed E-state index contributed by atoms with van der Waals surface area (Å²) in [6, 6.07) is 4.62. The number of methoxy groups -OCH3 is 1. The maximum absolute atomic E-state index is 11.5. The van der Waals surface area contributed by atoms with E-state index in [2.05, 4.69) is 4.98 Å². The van der Waals surface area contributed by atoms with E-state index < -0.39 is 9.05 Å². The summed E-state index contributed by atoms with van der Waals surface area (Å²) in [4.78, 5) is 4.19. The van der Waals surface area contributed by atoms with E-state index in [1.165, 1.54) is 13.2 Å². The quantitative estimate of drug-likeness (QED) is 0.788. The average Bonchev–Trinajstić information content (AvgIpc) is 2.26. The zero-order chi connectivity index (χ0) is 12.6. The van der Waals surface area contributed by atoms with Crippen LogP contribution in [-0.2, 0) is 9.05 Å². The summed E-state index contributed by atoms with van der Waals surface area (Å²) < 4.78 is 28.1. The second-order valence-electron chi connectivity index (χ2n) is 3.52. The minimum absolute atomic E-state index is 0.0699. The lowest BCUT2D eigenvalue weighted by Crippen LogP contribution is -1.96. The average molecular weight is 272 g/mol. The van der Waals surface area contributed by atoms with Gasteiger partial charge < -0.3 is 4.74 Å². The molecule has 0 N–H and O–H groups in total. The molecule has 6 heteroatoms. The number of hydrogen-bond acceptors (Lipinski definition) is 4. The van der Waals surface area contributed by atoms with Gasteiger partial charge in [-0.05, 0) is 25.1 Å². The van der Waals surface area contributed by atoms with E-state index >= 15 is 0 Å². The van der Waals surface area contributed by atoms with Crippen molar-refractivity contribution in [3.63, 3.8) is 0 Å². The summed E-state index contributed by atoms with van der Waals surface area (Å²) >= 11 is 0. The first-order chi connectivity index (χ1) is 7.95. The number of halogens is 1. The molecular formula is C11H10ClNO3S. The van der Waals surface area contributed by atoms with Crippen LogP contribution in [0.25, 0.3) is 10.8 Å². The molecule has 2 aromatic rings. The first-order valence-electron chi connectivity index (χ1n) is 4.82. The van der Waals surface area contributed by atoms with E-state index in [0.29, 0.717) is 22.2 Å². The van der Waals surface area contributed by atoms with Crippen LogP contribution in [0, 0.1) is 6.92 Å². The molecule has 0 saturated heterocycles. The number of nitrogens with zero attached hydrogens (tertiary/aromatic N) is 1. The maximum atomic E-state index is 11.5. The van der Waals surface area contributed by atoms with Crippen molar-refractivity contribution in [2.75, 3.05) is 7.11 Å². The Morgan fingerprint density at radius 3 is 2.59 bits per heavy atom. The van der Waals surface area contributed by atoms with Crippen molar-refractivity contribution in [2.45, 2.75) is 11.8 Å². The molecule has 0 amide bonds. The zero-order valence-corrected chi connectivity index (χ0v) is 10.8. The normalized spacial score (nSPS) is 11.7. The van der Waals surface area contributed by atoms with E-state index in [9.17, 15) is 8.42 Å². The molecule has 0 bridgehead atoms. The fourth-order valence-electron chi connectivity index (χ4n) is 1.79. The Bertz CT molecular complexity index is 682. The molecule has 0 unspecified atom stereocenters. The summed E-state index contributed by atoms with van der Waals surface area (Å²) in [5.74, 6) is 0.578. The molecule has 90 valence electrons. The van der Waals surface area contributed by atoms with Gasteiger partial charge in [-0.15, -0.1) is 0 Å². The molecule has 0 radical (unpaired) electrons. The van der Waals surface area contributed by atoms with Gasteiger partial charge in [-0.3, -0.25) is 4.98 Å². The third kappa shape index (κ3) is 2.08. The van der Waals surface area contributed by atoms with Crippen LogP contribution in [0.15, 0.2) is 29.3 Å². The first-order valence-corrected chi connectivity index (χ1v) is 7.13. The summed E-state index contributed by atoms with van der Waals surface area (Å²) in [7, 11) is 3.14. The van der Waals surface area contributed by atoms with Gasteiger partial charge in [0.15, 0.2) is 0 Å². The van der Waals surface area contributed by atoms with Crippen LogP contribution in [0.1, 0.15) is 5.69 Å². The second-order valence-corrected chi connectivity index (χ2v) is 6.06. The van der Waals surface area contributed by atoms with Gasteiger partial charge in [0.1, 0.15) is 5.75 Å². The predicted molar refractivity (Wildman–Crippen MR) is 66.1 cm³/mol. The van der Waals surface area contributed by atoms with Gasteiger partial charge in [-0.25, -0.2) is 8.42 Å². The standard InChI is InChI=1S/C11H10ClNO3S/c1-7-11-8(5-6-13-7)10(17(12,14)15)4-3-9(11)16-2/h3-6H,1-2H3. The molecule has 0 aliphatic carbocycles. The van der Waals surface area contributed by atoms with Crippen LogP contribution in [0.4, 0.5) is 0 Å². The molecule has 0 aliphatic heterocycles. The van der Waals surface area contributed by atoms with Crippen molar-refractivity contribution >= 4 is 30.5 Å². The smallest absolute Gasteiger partial charge is 0.261 e. The highest BCUT2D eigenvalue weighted by molar-refractivity contribution is 8.14. The number of fused-ring (bicyclic) bond motifs is 1. The Kier molecular flexibility index (Phi) is 2.97. The molecule has 1 aromatic heterocycles. The van der Waals surface area contributed by atoms with Gasteiger partial charge in [0, 0.05) is 33.3 Å². The Balaban J connectivity index is 2.98. The number of aromatic nitrogens is 1. The molecule has 0 saturated carbocycles. The molecule has 4 nitrogen and oxygen atoms in total. The van der Waals surface area contributed by atoms with Crippen LogP contribution in [0.3, 0.4) is 0 Å². The first kappa shape index (κ1) is 12.1. The summed E-state index contributed by atoms with van der Waals surface area (Å²) in [6.07, 6.45) is 1.54. The predicted octanol–water partition coefficient (Wildman–Crippen LogP) is 2.48. The molecule has 1 heterocycles. The van der Waals surface area contributed by atoms with Crippen LogP contribution in [0.2, 0.25) is 0 Å². The largest absolute Gasteiger partial charge is 0.496 e. The number of benzene rings is 1. The monoisotopic (exact) mass is 271 g/mol. The van der Waals surface area contributed by atoms with Gasteiger partial charge in [-0.2, -0.15) is 0 Å². The molecular weight excluding hydrogens is 262 g/mol. The molecule has 1 aromatic carbocycles. The molecule has 0 aliphatic rings. The minimum Gasteiger partial charge on any atom is -0.496 e. The van der Waals surface area contributed by atoms with Crippen molar-refractivity contribution in [3.05, 3.63) is 30.1 Å². The van der Waals surface area contributed by atoms with Crippen LogP contribution in [0.5, 0.6) is 5.75 Å². The number of pyridine rings is 1. The number of hydrogen-bond donors (Lipinski definition) is 0. The fourth-order valence-corrected chi connectivity index (χ4v) is 2.86. The van der Waals surface area contributed by atoms with E-state index in [1.807, 2.05) is 0 Å². The molecule has 0 fully saturated rings. The zero-order valence-electron chi connectivity index (χ0n) is 9.27. The summed E-state index contributed by atoms with van der Waals surface area (Å²) in [5.41, 5.74) is 0.696. The third-order valence-electron chi connectivity index (χ3n) is 2.52. The Morgan fingerprint density at radius 1 is 1.29 bits per heavy atom. The van der Waals surface area contributed by atoms with E-state index in [0.717, 1.165) is 0 Å². The van der Waals surface area contributed by atoms with Crippen molar-refractivity contribution < 1.29 is 13.2 Å². The van der Waals surface area contributed by atoms with Gasteiger partial charge >= 0.3 is 0 Å². The third-order valence-corrected chi connectivity index (χ3v) is 3.90. The highest BCUT2D eigenvalue weighted by Crippen LogP contribution is 2.33. The lowest BCUT2D eigenvalue weighted by Gasteiger charge is -2.09. The molecule has 17 heavy (non-hydrogen) atoms. The van der Waals surface area contributed by atoms with Gasteiger partial charge in [0.05, 0.1) is 12.0 Å². The van der Waals surface area contributed by atoms with Crippen molar-refractivity contribution in [1.29, 1.82) is 0 Å². The van der Waals surface area contributed by atoms with Crippen molar-refractivity contribution in [1.82, 2.24) is 4.98 Å². The Hall–Kier alpha value is -1.33. The van der Waals surface area contributed by atoms with E-state index in [-0.39, 0.29) is 4.90 Å². The Morgan fingerprint density at radius 2 is 2.00 bits per heavy atom. The maximum Gasteiger partial charge on any atom is 0.261 e. The molecule has 0 spiro atoms. The number of aryl methyl sites for hydroxylation is 1. The highest BCUT2D eigenvalue weighted by atomic mass is 35.7. The lowest BCUT2D eigenvalue weighted by atomic mass is 10.1. The van der Waals surface area contributed by atoms with Gasteiger partial charge in [-0.1, -0.05) is 0 Å². The minimum atomic E-state index is -3.78. The molecule has 0 atom stereocenters. The van der Waals surface area contributed by atoms with Crippen molar-refractivity contribution in [2.24, 2.45) is 0 Å². The Labute approximate surface area is 104 Å². The second kappa shape index (κ2) is 4.16. The van der Waals surface area contributed by atoms with Gasteiger partial charge in [0.25, 0.3) is 9.05 Å². The van der Waals surface area contributed by atoms with E-state index in [1.54, 1.807) is 25.3 Å². The SMILES string of the molecule is COc1ccc(S(=O)(=O)Cl)c2ccnc(C)c12. The summed E-state index contributed by atoms with van der Waals surface area (Å²) in [6.45, 7) is 1.79. The van der Waals surface area contributed by atoms with Gasteiger partial charge in [0.2, 0.25) is 0 Å².